The molecule has 0 radical (unpaired) electrons. The first kappa shape index (κ1) is 11.5. The summed E-state index contributed by atoms with van der Waals surface area (Å²) in [6.07, 6.45) is 2.13. The van der Waals surface area contributed by atoms with Gasteiger partial charge >= 0.3 is 5.97 Å². The number of hydrogen-bond acceptors (Lipinski definition) is 4. The van der Waals surface area contributed by atoms with Gasteiger partial charge in [-0.25, -0.2) is 4.79 Å². The Labute approximate surface area is 106 Å². The molecule has 0 aliphatic carbocycles. The minimum atomic E-state index is -0.354. The molecule has 96 valence electrons. The average Bonchev–Trinajstić information content (AvgIpc) is 2.89. The second kappa shape index (κ2) is 3.99. The van der Waals surface area contributed by atoms with Crippen molar-refractivity contribution in [1.82, 2.24) is 0 Å². The molecule has 1 saturated heterocycles. The number of carbonyl (C=O) groups is 1. The zero-order valence-electron chi connectivity index (χ0n) is 10.6. The van der Waals surface area contributed by atoms with E-state index in [0.717, 1.165) is 24.0 Å². The van der Waals surface area contributed by atoms with Gasteiger partial charge in [0.15, 0.2) is 0 Å². The summed E-state index contributed by atoms with van der Waals surface area (Å²) >= 11 is 0. The van der Waals surface area contributed by atoms with Crippen molar-refractivity contribution in [1.29, 1.82) is 0 Å². The fourth-order valence-electron chi connectivity index (χ4n) is 2.83. The van der Waals surface area contributed by atoms with E-state index >= 15 is 0 Å². The molecule has 4 heteroatoms. The van der Waals surface area contributed by atoms with E-state index in [2.05, 4.69) is 0 Å². The van der Waals surface area contributed by atoms with Gasteiger partial charge in [0.2, 0.25) is 0 Å². The van der Waals surface area contributed by atoms with Gasteiger partial charge in [0, 0.05) is 5.56 Å². The molecule has 18 heavy (non-hydrogen) atoms. The van der Waals surface area contributed by atoms with Crippen molar-refractivity contribution in [2.75, 3.05) is 5.73 Å². The Kier molecular flexibility index (Phi) is 2.55. The number of carbonyl (C=O) groups excluding carboxylic acids is 1. The maximum absolute atomic E-state index is 11.9. The lowest BCUT2D eigenvalue weighted by atomic mass is 9.89. The van der Waals surface area contributed by atoms with Crippen molar-refractivity contribution >= 4 is 11.7 Å². The summed E-state index contributed by atoms with van der Waals surface area (Å²) in [6.45, 7) is 3.65. The summed E-state index contributed by atoms with van der Waals surface area (Å²) in [6, 6.07) is 3.70. The zero-order valence-corrected chi connectivity index (χ0v) is 10.6. The van der Waals surface area contributed by atoms with E-state index in [4.69, 9.17) is 15.2 Å². The number of fused-ring (bicyclic) bond motifs is 5. The van der Waals surface area contributed by atoms with Crippen LogP contribution in [-0.2, 0) is 9.47 Å². The molecule has 1 fully saturated rings. The van der Waals surface area contributed by atoms with E-state index in [1.54, 1.807) is 6.07 Å². The predicted octanol–water partition coefficient (Wildman–Crippen LogP) is 2.74. The fourth-order valence-corrected chi connectivity index (χ4v) is 2.83. The predicted molar refractivity (Wildman–Crippen MR) is 67.2 cm³/mol. The normalized spacial score (nSPS) is 24.4. The quantitative estimate of drug-likeness (QED) is 0.644. The SMILES string of the molecule is CC(C)OC(=O)c1ccc2c(c1N)C1CCC2O1. The van der Waals surface area contributed by atoms with Crippen LogP contribution in [0.5, 0.6) is 0 Å². The number of anilines is 1. The summed E-state index contributed by atoms with van der Waals surface area (Å²) in [4.78, 5) is 11.9. The van der Waals surface area contributed by atoms with E-state index in [0.29, 0.717) is 11.3 Å². The molecule has 0 saturated carbocycles. The highest BCUT2D eigenvalue weighted by atomic mass is 16.5. The van der Waals surface area contributed by atoms with E-state index in [-0.39, 0.29) is 24.3 Å². The van der Waals surface area contributed by atoms with Gasteiger partial charge in [-0.3, -0.25) is 0 Å². The minimum Gasteiger partial charge on any atom is -0.459 e. The Morgan fingerprint density at radius 1 is 1.39 bits per heavy atom. The number of ether oxygens (including phenoxy) is 2. The van der Waals surface area contributed by atoms with Gasteiger partial charge in [-0.15, -0.1) is 0 Å². The molecular weight excluding hydrogens is 230 g/mol. The summed E-state index contributed by atoms with van der Waals surface area (Å²) in [5, 5.41) is 0. The molecule has 1 aromatic rings. The zero-order chi connectivity index (χ0) is 12.9. The number of nitrogen functional groups attached to an aromatic ring is 1. The van der Waals surface area contributed by atoms with Crippen molar-refractivity contribution in [2.24, 2.45) is 0 Å². The molecule has 2 bridgehead atoms. The highest BCUT2D eigenvalue weighted by Gasteiger charge is 2.40. The van der Waals surface area contributed by atoms with Crippen LogP contribution >= 0.6 is 0 Å². The van der Waals surface area contributed by atoms with Crippen LogP contribution < -0.4 is 5.73 Å². The lowest BCUT2D eigenvalue weighted by molar-refractivity contribution is 0.0379. The van der Waals surface area contributed by atoms with Crippen LogP contribution in [0.4, 0.5) is 5.69 Å². The van der Waals surface area contributed by atoms with Gasteiger partial charge < -0.3 is 15.2 Å². The molecular formula is C14H17NO3. The largest absolute Gasteiger partial charge is 0.459 e. The maximum Gasteiger partial charge on any atom is 0.340 e. The van der Waals surface area contributed by atoms with Crippen LogP contribution in [-0.4, -0.2) is 12.1 Å². The molecule has 2 atom stereocenters. The Morgan fingerprint density at radius 2 is 2.11 bits per heavy atom. The molecule has 1 aromatic carbocycles. The first-order valence-corrected chi connectivity index (χ1v) is 6.36. The molecule has 2 unspecified atom stereocenters. The molecule has 3 rings (SSSR count). The molecule has 2 aliphatic heterocycles. The first-order valence-electron chi connectivity index (χ1n) is 6.36. The number of rotatable bonds is 2. The minimum absolute atomic E-state index is 0.0665. The van der Waals surface area contributed by atoms with Crippen LogP contribution in [0.25, 0.3) is 0 Å². The second-order valence-corrected chi connectivity index (χ2v) is 5.17. The van der Waals surface area contributed by atoms with Crippen molar-refractivity contribution < 1.29 is 14.3 Å². The average molecular weight is 247 g/mol. The van der Waals surface area contributed by atoms with Gasteiger partial charge in [-0.05, 0) is 38.3 Å². The fraction of sp³-hybridized carbons (Fsp3) is 0.500. The number of hydrogen-bond donors (Lipinski definition) is 1. The third kappa shape index (κ3) is 1.60. The van der Waals surface area contributed by atoms with Crippen LogP contribution in [0.3, 0.4) is 0 Å². The summed E-state index contributed by atoms with van der Waals surface area (Å²) in [5.41, 5.74) is 9.25. The lowest BCUT2D eigenvalue weighted by Crippen LogP contribution is -2.15. The standard InChI is InChI=1S/C14H17NO3/c1-7(2)17-14(16)9-4-3-8-10-5-6-11(18-10)12(8)13(9)15/h3-4,7,10-11H,5-6,15H2,1-2H3. The van der Waals surface area contributed by atoms with Gasteiger partial charge in [-0.1, -0.05) is 6.07 Å². The Bertz CT molecular complexity index is 510. The third-order valence-electron chi connectivity index (χ3n) is 3.57. The van der Waals surface area contributed by atoms with Crippen molar-refractivity contribution in [3.63, 3.8) is 0 Å². The van der Waals surface area contributed by atoms with Crippen LogP contribution in [0.1, 0.15) is 60.4 Å². The first-order chi connectivity index (χ1) is 8.58. The Hall–Kier alpha value is -1.55. The van der Waals surface area contributed by atoms with Gasteiger partial charge in [0.05, 0.1) is 29.6 Å². The monoisotopic (exact) mass is 247 g/mol. The molecule has 2 heterocycles. The number of esters is 1. The molecule has 0 aromatic heterocycles. The maximum atomic E-state index is 11.9. The number of nitrogens with two attached hydrogens (primary N) is 1. The smallest absolute Gasteiger partial charge is 0.340 e. The van der Waals surface area contributed by atoms with Crippen LogP contribution in [0.15, 0.2) is 12.1 Å². The van der Waals surface area contributed by atoms with Gasteiger partial charge in [0.1, 0.15) is 0 Å². The third-order valence-corrected chi connectivity index (χ3v) is 3.57. The topological polar surface area (TPSA) is 61.5 Å². The van der Waals surface area contributed by atoms with Crippen molar-refractivity contribution in [3.05, 3.63) is 28.8 Å². The molecule has 4 nitrogen and oxygen atoms in total. The van der Waals surface area contributed by atoms with E-state index in [1.165, 1.54) is 0 Å². The molecule has 0 amide bonds. The van der Waals surface area contributed by atoms with Crippen molar-refractivity contribution in [3.8, 4) is 0 Å². The number of benzene rings is 1. The van der Waals surface area contributed by atoms with E-state index < -0.39 is 0 Å². The molecule has 2 N–H and O–H groups in total. The van der Waals surface area contributed by atoms with Crippen molar-refractivity contribution in [2.45, 2.75) is 45.0 Å². The highest BCUT2D eigenvalue weighted by molar-refractivity contribution is 5.96. The van der Waals surface area contributed by atoms with Crippen LogP contribution in [0, 0.1) is 0 Å². The molecule has 2 aliphatic rings. The summed E-state index contributed by atoms with van der Waals surface area (Å²) < 4.78 is 11.0. The van der Waals surface area contributed by atoms with E-state index in [1.807, 2.05) is 19.9 Å². The highest BCUT2D eigenvalue weighted by Crippen LogP contribution is 2.53. The Morgan fingerprint density at radius 3 is 2.83 bits per heavy atom. The van der Waals surface area contributed by atoms with Gasteiger partial charge in [0.25, 0.3) is 0 Å². The van der Waals surface area contributed by atoms with Gasteiger partial charge in [-0.2, -0.15) is 0 Å². The lowest BCUT2D eigenvalue weighted by Gasteiger charge is -2.17. The van der Waals surface area contributed by atoms with Crippen LogP contribution in [0.2, 0.25) is 0 Å². The summed E-state index contributed by atoms with van der Waals surface area (Å²) in [7, 11) is 0. The second-order valence-electron chi connectivity index (χ2n) is 5.17. The molecule has 0 spiro atoms. The van der Waals surface area contributed by atoms with E-state index in [9.17, 15) is 4.79 Å². The Balaban J connectivity index is 1.99. The summed E-state index contributed by atoms with van der Waals surface area (Å²) in [5.74, 6) is -0.354.